The summed E-state index contributed by atoms with van der Waals surface area (Å²) in [6, 6.07) is 1.31. The van der Waals surface area contributed by atoms with Crippen molar-refractivity contribution in [2.24, 2.45) is 0 Å². The second-order valence-corrected chi connectivity index (χ2v) is 4.42. The molecule has 0 saturated carbocycles. The van der Waals surface area contributed by atoms with Crippen LogP contribution in [0.25, 0.3) is 0 Å². The average Bonchev–Trinajstić information content (AvgIpc) is 2.91. The van der Waals surface area contributed by atoms with Crippen LogP contribution in [0, 0.1) is 0 Å². The first-order chi connectivity index (χ1) is 7.42. The molecule has 3 rings (SSSR count). The van der Waals surface area contributed by atoms with Crippen molar-refractivity contribution >= 4 is 6.01 Å². The predicted molar refractivity (Wildman–Crippen MR) is 58.0 cm³/mol. The number of fused-ring (bicyclic) bond motifs is 1. The molecule has 0 amide bonds. The molecule has 1 fully saturated rings. The van der Waals surface area contributed by atoms with Crippen molar-refractivity contribution in [2.75, 3.05) is 18.4 Å². The Balaban J connectivity index is 1.57. The van der Waals surface area contributed by atoms with Crippen LogP contribution in [0.4, 0.5) is 6.01 Å². The van der Waals surface area contributed by atoms with Crippen LogP contribution in [0.5, 0.6) is 0 Å². The van der Waals surface area contributed by atoms with Gasteiger partial charge in [-0.05, 0) is 32.2 Å². The van der Waals surface area contributed by atoms with Crippen LogP contribution in [0.1, 0.15) is 30.7 Å². The van der Waals surface area contributed by atoms with E-state index in [4.69, 9.17) is 4.42 Å². The van der Waals surface area contributed by atoms with E-state index in [1.807, 2.05) is 0 Å². The van der Waals surface area contributed by atoms with Gasteiger partial charge in [0.15, 0.2) is 0 Å². The molecule has 1 aliphatic heterocycles. The Morgan fingerprint density at radius 3 is 3.20 bits per heavy atom. The predicted octanol–water partition coefficient (Wildman–Crippen LogP) is 1.33. The van der Waals surface area contributed by atoms with Crippen molar-refractivity contribution in [3.63, 3.8) is 0 Å². The van der Waals surface area contributed by atoms with Gasteiger partial charge >= 0.3 is 0 Å². The first-order valence-corrected chi connectivity index (χ1v) is 5.87. The van der Waals surface area contributed by atoms with Crippen molar-refractivity contribution < 1.29 is 4.42 Å². The molecule has 2 aliphatic rings. The fraction of sp³-hybridized carbons (Fsp3) is 0.727. The van der Waals surface area contributed by atoms with Gasteiger partial charge in [-0.15, -0.1) is 0 Å². The molecule has 4 nitrogen and oxygen atoms in total. The van der Waals surface area contributed by atoms with Gasteiger partial charge in [-0.25, -0.2) is 0 Å². The van der Waals surface area contributed by atoms with Crippen molar-refractivity contribution in [1.29, 1.82) is 0 Å². The third-order valence-corrected chi connectivity index (χ3v) is 3.26. The van der Waals surface area contributed by atoms with Gasteiger partial charge in [0, 0.05) is 19.0 Å². The molecule has 1 aliphatic carbocycles. The fourth-order valence-corrected chi connectivity index (χ4v) is 2.41. The maximum atomic E-state index is 5.64. The van der Waals surface area contributed by atoms with E-state index in [0.717, 1.165) is 37.4 Å². The molecular weight excluding hydrogens is 190 g/mol. The molecule has 1 unspecified atom stereocenters. The summed E-state index contributed by atoms with van der Waals surface area (Å²) in [6.45, 7) is 2.08. The van der Waals surface area contributed by atoms with Gasteiger partial charge in [-0.2, -0.15) is 4.98 Å². The molecule has 4 heteroatoms. The molecule has 0 spiro atoms. The number of anilines is 1. The van der Waals surface area contributed by atoms with Gasteiger partial charge in [0.1, 0.15) is 5.76 Å². The van der Waals surface area contributed by atoms with Gasteiger partial charge in [0.25, 0.3) is 6.01 Å². The van der Waals surface area contributed by atoms with Gasteiger partial charge in [-0.1, -0.05) is 0 Å². The summed E-state index contributed by atoms with van der Waals surface area (Å²) in [4.78, 5) is 4.45. The number of hydrogen-bond donors (Lipinski definition) is 2. The third-order valence-electron chi connectivity index (χ3n) is 3.26. The van der Waals surface area contributed by atoms with E-state index in [2.05, 4.69) is 15.6 Å². The summed E-state index contributed by atoms with van der Waals surface area (Å²) in [5.74, 6) is 1.09. The molecule has 1 aromatic heterocycles. The highest BCUT2D eigenvalue weighted by molar-refractivity contribution is 5.28. The highest BCUT2D eigenvalue weighted by Crippen LogP contribution is 2.24. The van der Waals surface area contributed by atoms with E-state index in [9.17, 15) is 0 Å². The highest BCUT2D eigenvalue weighted by atomic mass is 16.4. The molecule has 1 atom stereocenters. The Labute approximate surface area is 89.5 Å². The van der Waals surface area contributed by atoms with Crippen LogP contribution >= 0.6 is 0 Å². The lowest BCUT2D eigenvalue weighted by atomic mass is 10.2. The van der Waals surface area contributed by atoms with Crippen molar-refractivity contribution in [3.05, 3.63) is 11.5 Å². The minimum atomic E-state index is 0.590. The van der Waals surface area contributed by atoms with Crippen LogP contribution in [0.2, 0.25) is 0 Å². The second-order valence-electron chi connectivity index (χ2n) is 4.42. The van der Waals surface area contributed by atoms with Gasteiger partial charge in [0.05, 0.1) is 5.69 Å². The zero-order chi connectivity index (χ0) is 10.1. The molecule has 2 N–H and O–H groups in total. The number of hydrogen-bond acceptors (Lipinski definition) is 4. The maximum Gasteiger partial charge on any atom is 0.295 e. The Morgan fingerprint density at radius 1 is 1.40 bits per heavy atom. The van der Waals surface area contributed by atoms with Crippen LogP contribution in [0.15, 0.2) is 4.42 Å². The van der Waals surface area contributed by atoms with Gasteiger partial charge < -0.3 is 15.1 Å². The first kappa shape index (κ1) is 9.21. The normalized spacial score (nSPS) is 24.4. The molecule has 1 saturated heterocycles. The summed E-state index contributed by atoms with van der Waals surface area (Å²) in [7, 11) is 0. The average molecular weight is 207 g/mol. The summed E-state index contributed by atoms with van der Waals surface area (Å²) in [6.07, 6.45) is 5.89. The van der Waals surface area contributed by atoms with Crippen LogP contribution < -0.4 is 10.6 Å². The van der Waals surface area contributed by atoms with Crippen LogP contribution in [0.3, 0.4) is 0 Å². The summed E-state index contributed by atoms with van der Waals surface area (Å²) < 4.78 is 5.64. The van der Waals surface area contributed by atoms with E-state index >= 15 is 0 Å². The molecule has 2 heterocycles. The summed E-state index contributed by atoms with van der Waals surface area (Å²) in [5, 5.41) is 6.72. The zero-order valence-corrected chi connectivity index (χ0v) is 8.88. The van der Waals surface area contributed by atoms with Crippen molar-refractivity contribution in [1.82, 2.24) is 10.3 Å². The lowest BCUT2D eigenvalue weighted by Crippen LogP contribution is -2.29. The van der Waals surface area contributed by atoms with Crippen LogP contribution in [-0.2, 0) is 12.8 Å². The quantitative estimate of drug-likeness (QED) is 0.785. The molecule has 82 valence electrons. The minimum Gasteiger partial charge on any atom is -0.428 e. The zero-order valence-electron chi connectivity index (χ0n) is 8.88. The second kappa shape index (κ2) is 3.85. The Kier molecular flexibility index (Phi) is 2.37. The van der Waals surface area contributed by atoms with E-state index in [1.165, 1.54) is 19.3 Å². The van der Waals surface area contributed by atoms with E-state index in [-0.39, 0.29) is 0 Å². The number of rotatable bonds is 3. The van der Waals surface area contributed by atoms with E-state index in [0.29, 0.717) is 12.1 Å². The van der Waals surface area contributed by atoms with Crippen molar-refractivity contribution in [3.8, 4) is 0 Å². The third kappa shape index (κ3) is 1.86. The maximum absolute atomic E-state index is 5.64. The Bertz CT molecular complexity index is 320. The molecule has 0 bridgehead atoms. The number of nitrogens with one attached hydrogen (secondary N) is 2. The van der Waals surface area contributed by atoms with Gasteiger partial charge in [-0.3, -0.25) is 0 Å². The first-order valence-electron chi connectivity index (χ1n) is 5.87. The smallest absolute Gasteiger partial charge is 0.295 e. The number of oxazole rings is 1. The molecule has 15 heavy (non-hydrogen) atoms. The molecular formula is C11H17N3O. The number of aromatic nitrogens is 1. The summed E-state index contributed by atoms with van der Waals surface area (Å²) in [5.41, 5.74) is 1.16. The topological polar surface area (TPSA) is 50.1 Å². The van der Waals surface area contributed by atoms with Gasteiger partial charge in [0.2, 0.25) is 0 Å². The SMILES string of the molecule is C1Cc2nc(NCC3CCCN3)oc2C1. The van der Waals surface area contributed by atoms with Crippen molar-refractivity contribution in [2.45, 2.75) is 38.1 Å². The molecule has 1 aromatic rings. The largest absolute Gasteiger partial charge is 0.428 e. The lowest BCUT2D eigenvalue weighted by molar-refractivity contribution is 0.514. The summed E-state index contributed by atoms with van der Waals surface area (Å²) >= 11 is 0. The van der Waals surface area contributed by atoms with Crippen LogP contribution in [-0.4, -0.2) is 24.1 Å². The fourth-order valence-electron chi connectivity index (χ4n) is 2.41. The number of aryl methyl sites for hydroxylation is 2. The standard InChI is InChI=1S/C11H17N3O/c1-4-9-10(5-1)15-11(14-9)13-7-8-3-2-6-12-8/h8,12H,1-7H2,(H,13,14). The highest BCUT2D eigenvalue weighted by Gasteiger charge is 2.19. The number of nitrogens with zero attached hydrogens (tertiary/aromatic N) is 1. The monoisotopic (exact) mass is 207 g/mol. The Morgan fingerprint density at radius 2 is 2.40 bits per heavy atom. The molecule has 0 radical (unpaired) electrons. The minimum absolute atomic E-state index is 0.590. The Hall–Kier alpha value is -1.03. The lowest BCUT2D eigenvalue weighted by Gasteiger charge is -2.09. The van der Waals surface area contributed by atoms with E-state index < -0.39 is 0 Å². The van der Waals surface area contributed by atoms with E-state index in [1.54, 1.807) is 0 Å². The molecule has 0 aromatic carbocycles.